The molecule has 0 bridgehead atoms. The topological polar surface area (TPSA) is 39.9 Å². The second-order valence-corrected chi connectivity index (χ2v) is 7.33. The van der Waals surface area contributed by atoms with Crippen molar-refractivity contribution in [1.82, 2.24) is 14.8 Å². The highest BCUT2D eigenvalue weighted by Crippen LogP contribution is 2.27. The van der Waals surface area contributed by atoms with E-state index in [1.807, 2.05) is 36.7 Å². The van der Waals surface area contributed by atoms with Gasteiger partial charge in [0.05, 0.1) is 0 Å². The van der Waals surface area contributed by atoms with Gasteiger partial charge in [-0.25, -0.2) is 4.39 Å². The minimum Gasteiger partial charge on any atom is -0.486 e. The molecule has 0 fully saturated rings. The number of rotatable bonds is 6. The van der Waals surface area contributed by atoms with Crippen molar-refractivity contribution in [2.24, 2.45) is 7.05 Å². The zero-order valence-corrected chi connectivity index (χ0v) is 16.4. The summed E-state index contributed by atoms with van der Waals surface area (Å²) in [6, 6.07) is 10.6. The number of hydrogen-bond acceptors (Lipinski definition) is 4. The second-order valence-electron chi connectivity index (χ2n) is 5.98. The zero-order chi connectivity index (χ0) is 18.7. The lowest BCUT2D eigenvalue weighted by Crippen LogP contribution is -2.04. The van der Waals surface area contributed by atoms with Gasteiger partial charge in [-0.3, -0.25) is 0 Å². The zero-order valence-electron chi connectivity index (χ0n) is 14.8. The standard InChI is InChI=1S/C19H19ClFN3OS/c1-12-7-8-14(9-13(12)2)25-10-18-22-23-19(24(18)3)26-11-15-16(20)5-4-6-17(15)21/h4-9H,10-11H2,1-3H3. The Labute approximate surface area is 161 Å². The van der Waals surface area contributed by atoms with Crippen molar-refractivity contribution < 1.29 is 9.13 Å². The summed E-state index contributed by atoms with van der Waals surface area (Å²) in [4.78, 5) is 0. The summed E-state index contributed by atoms with van der Waals surface area (Å²) in [5.74, 6) is 1.56. The maximum Gasteiger partial charge on any atom is 0.191 e. The molecule has 3 aromatic rings. The Kier molecular flexibility index (Phi) is 5.84. The molecule has 0 N–H and O–H groups in total. The highest BCUT2D eigenvalue weighted by atomic mass is 35.5. The fourth-order valence-electron chi connectivity index (χ4n) is 2.35. The number of aromatic nitrogens is 3. The van der Waals surface area contributed by atoms with Gasteiger partial charge in [0.15, 0.2) is 11.0 Å². The fourth-order valence-corrected chi connectivity index (χ4v) is 3.63. The molecule has 0 aliphatic carbocycles. The highest BCUT2D eigenvalue weighted by molar-refractivity contribution is 7.98. The van der Waals surface area contributed by atoms with Gasteiger partial charge in [-0.1, -0.05) is 35.5 Å². The Balaban J connectivity index is 1.65. The summed E-state index contributed by atoms with van der Waals surface area (Å²) < 4.78 is 21.5. The van der Waals surface area contributed by atoms with E-state index < -0.39 is 0 Å². The molecule has 7 heteroatoms. The lowest BCUT2D eigenvalue weighted by molar-refractivity contribution is 0.290. The van der Waals surface area contributed by atoms with Crippen molar-refractivity contribution in [2.45, 2.75) is 31.4 Å². The number of benzene rings is 2. The van der Waals surface area contributed by atoms with E-state index in [1.165, 1.54) is 29.0 Å². The lowest BCUT2D eigenvalue weighted by atomic mass is 10.1. The number of thioether (sulfide) groups is 1. The summed E-state index contributed by atoms with van der Waals surface area (Å²) >= 11 is 7.45. The third-order valence-corrected chi connectivity index (χ3v) is 5.58. The van der Waals surface area contributed by atoms with Crippen LogP contribution in [0.2, 0.25) is 5.02 Å². The van der Waals surface area contributed by atoms with Crippen LogP contribution in [0.25, 0.3) is 0 Å². The van der Waals surface area contributed by atoms with Gasteiger partial charge < -0.3 is 9.30 Å². The first kappa shape index (κ1) is 18.7. The predicted octanol–water partition coefficient (Wildman–Crippen LogP) is 5.10. The third kappa shape index (κ3) is 4.19. The number of ether oxygens (including phenoxy) is 1. The van der Waals surface area contributed by atoms with Crippen molar-refractivity contribution in [3.8, 4) is 5.75 Å². The molecule has 2 aromatic carbocycles. The van der Waals surface area contributed by atoms with E-state index in [4.69, 9.17) is 16.3 Å². The second kappa shape index (κ2) is 8.10. The van der Waals surface area contributed by atoms with Crippen LogP contribution in [0, 0.1) is 19.7 Å². The molecule has 0 spiro atoms. The Bertz CT molecular complexity index is 909. The van der Waals surface area contributed by atoms with Crippen molar-refractivity contribution in [2.75, 3.05) is 0 Å². The van der Waals surface area contributed by atoms with E-state index in [1.54, 1.807) is 12.1 Å². The summed E-state index contributed by atoms with van der Waals surface area (Å²) in [7, 11) is 1.87. The first-order valence-electron chi connectivity index (χ1n) is 8.09. The molecule has 0 radical (unpaired) electrons. The van der Waals surface area contributed by atoms with Crippen LogP contribution in [0.5, 0.6) is 5.75 Å². The smallest absolute Gasteiger partial charge is 0.191 e. The summed E-state index contributed by atoms with van der Waals surface area (Å²) in [6.07, 6.45) is 0. The lowest BCUT2D eigenvalue weighted by Gasteiger charge is -2.09. The number of hydrogen-bond donors (Lipinski definition) is 0. The van der Waals surface area contributed by atoms with Crippen LogP contribution in [-0.2, 0) is 19.4 Å². The van der Waals surface area contributed by atoms with Gasteiger partial charge in [0.2, 0.25) is 0 Å². The van der Waals surface area contributed by atoms with Gasteiger partial charge in [0, 0.05) is 23.4 Å². The van der Waals surface area contributed by atoms with Gasteiger partial charge in [0.1, 0.15) is 18.2 Å². The fraction of sp³-hybridized carbons (Fsp3) is 0.263. The van der Waals surface area contributed by atoms with E-state index >= 15 is 0 Å². The molecule has 0 aliphatic heterocycles. The van der Waals surface area contributed by atoms with Gasteiger partial charge in [-0.2, -0.15) is 0 Å². The van der Waals surface area contributed by atoms with Gasteiger partial charge in [-0.05, 0) is 49.2 Å². The van der Waals surface area contributed by atoms with Crippen LogP contribution in [-0.4, -0.2) is 14.8 Å². The highest BCUT2D eigenvalue weighted by Gasteiger charge is 2.13. The maximum absolute atomic E-state index is 13.9. The molecule has 0 saturated heterocycles. The van der Waals surface area contributed by atoms with E-state index in [0.717, 1.165) is 5.75 Å². The van der Waals surface area contributed by atoms with Crippen LogP contribution in [0.4, 0.5) is 4.39 Å². The van der Waals surface area contributed by atoms with Crippen LogP contribution in [0.1, 0.15) is 22.5 Å². The van der Waals surface area contributed by atoms with E-state index in [9.17, 15) is 4.39 Å². The van der Waals surface area contributed by atoms with Crippen LogP contribution < -0.4 is 4.74 Å². The SMILES string of the molecule is Cc1ccc(OCc2nnc(SCc3c(F)cccc3Cl)n2C)cc1C. The minimum absolute atomic E-state index is 0.313. The molecule has 0 saturated carbocycles. The Morgan fingerprint density at radius 1 is 1.15 bits per heavy atom. The summed E-state index contributed by atoms with van der Waals surface area (Å²) in [5.41, 5.74) is 2.87. The first-order valence-corrected chi connectivity index (χ1v) is 9.46. The minimum atomic E-state index is -0.314. The third-order valence-electron chi connectivity index (χ3n) is 4.18. The summed E-state index contributed by atoms with van der Waals surface area (Å²) in [6.45, 7) is 4.42. The largest absolute Gasteiger partial charge is 0.486 e. The molecule has 4 nitrogen and oxygen atoms in total. The molecule has 0 amide bonds. The Morgan fingerprint density at radius 3 is 2.69 bits per heavy atom. The van der Waals surface area contributed by atoms with Gasteiger partial charge in [-0.15, -0.1) is 10.2 Å². The number of nitrogens with zero attached hydrogens (tertiary/aromatic N) is 3. The molecule has 3 rings (SSSR count). The Morgan fingerprint density at radius 2 is 1.96 bits per heavy atom. The molecular weight excluding hydrogens is 373 g/mol. The molecule has 0 aliphatic rings. The average molecular weight is 392 g/mol. The molecule has 0 unspecified atom stereocenters. The first-order chi connectivity index (χ1) is 12.5. The number of aryl methyl sites for hydroxylation is 2. The van der Waals surface area contributed by atoms with Crippen LogP contribution in [0.15, 0.2) is 41.6 Å². The summed E-state index contributed by atoms with van der Waals surface area (Å²) in [5, 5.41) is 9.43. The molecule has 136 valence electrons. The molecule has 1 heterocycles. The van der Waals surface area contributed by atoms with Crippen molar-refractivity contribution >= 4 is 23.4 Å². The van der Waals surface area contributed by atoms with Gasteiger partial charge >= 0.3 is 0 Å². The normalized spacial score (nSPS) is 11.0. The van der Waals surface area contributed by atoms with Gasteiger partial charge in [0.25, 0.3) is 0 Å². The molecule has 1 aromatic heterocycles. The molecule has 26 heavy (non-hydrogen) atoms. The van der Waals surface area contributed by atoms with Crippen LogP contribution >= 0.6 is 23.4 Å². The van der Waals surface area contributed by atoms with E-state index in [-0.39, 0.29) is 5.82 Å². The average Bonchev–Trinajstić information content (AvgIpc) is 2.96. The predicted molar refractivity (Wildman–Crippen MR) is 102 cm³/mol. The van der Waals surface area contributed by atoms with E-state index in [0.29, 0.717) is 33.9 Å². The molecule has 0 atom stereocenters. The van der Waals surface area contributed by atoms with Crippen LogP contribution in [0.3, 0.4) is 0 Å². The maximum atomic E-state index is 13.9. The van der Waals surface area contributed by atoms with E-state index in [2.05, 4.69) is 17.1 Å². The van der Waals surface area contributed by atoms with Crippen molar-refractivity contribution in [1.29, 1.82) is 0 Å². The van der Waals surface area contributed by atoms with Crippen molar-refractivity contribution in [3.63, 3.8) is 0 Å². The monoisotopic (exact) mass is 391 g/mol. The number of halogens is 2. The van der Waals surface area contributed by atoms with Crippen molar-refractivity contribution in [3.05, 3.63) is 69.8 Å². The molecular formula is C19H19ClFN3OS. The quantitative estimate of drug-likeness (QED) is 0.548. The Hall–Kier alpha value is -2.05.